The number of phenols is 1. The first-order chi connectivity index (χ1) is 17.6. The average molecular weight is 510 g/mol. The number of anilines is 1. The van der Waals surface area contributed by atoms with Crippen LogP contribution in [0.1, 0.15) is 46.0 Å². The molecule has 37 heavy (non-hydrogen) atoms. The van der Waals surface area contributed by atoms with E-state index in [0.717, 1.165) is 36.4 Å². The van der Waals surface area contributed by atoms with Crippen LogP contribution in [-0.4, -0.2) is 59.2 Å². The van der Waals surface area contributed by atoms with Crippen molar-refractivity contribution in [3.05, 3.63) is 46.9 Å². The molecule has 0 spiro atoms. The zero-order chi connectivity index (χ0) is 26.1. The number of nitrogens with one attached hydrogen (secondary N) is 1. The molecule has 6 rings (SSSR count). The molecule has 3 aromatic rings. The normalized spacial score (nSPS) is 28.9. The molecule has 0 radical (unpaired) electrons. The molecule has 0 amide bonds. The molecule has 2 bridgehead atoms. The lowest BCUT2D eigenvalue weighted by atomic mass is 9.82. The van der Waals surface area contributed by atoms with Crippen molar-refractivity contribution in [2.24, 2.45) is 7.05 Å². The maximum atomic E-state index is 15.8. The lowest BCUT2D eigenvalue weighted by Gasteiger charge is -2.48. The van der Waals surface area contributed by atoms with Gasteiger partial charge in [-0.25, -0.2) is 18.6 Å². The van der Waals surface area contributed by atoms with Gasteiger partial charge in [0.1, 0.15) is 23.3 Å². The van der Waals surface area contributed by atoms with Crippen molar-refractivity contribution < 1.29 is 13.9 Å². The van der Waals surface area contributed by atoms with Gasteiger partial charge in [-0.2, -0.15) is 4.98 Å². The maximum Gasteiger partial charge on any atom is 0.348 e. The van der Waals surface area contributed by atoms with Gasteiger partial charge in [0.05, 0.1) is 12.2 Å². The van der Waals surface area contributed by atoms with Crippen molar-refractivity contribution in [2.75, 3.05) is 4.90 Å². The van der Waals surface area contributed by atoms with Crippen molar-refractivity contribution in [2.45, 2.75) is 75.3 Å². The summed E-state index contributed by atoms with van der Waals surface area (Å²) in [5, 5.41) is 22.8. The molecule has 0 unspecified atom stereocenters. The third-order valence-electron chi connectivity index (χ3n) is 8.06. The largest absolute Gasteiger partial charge is 0.507 e. The minimum atomic E-state index is -1.06. The molecule has 2 aliphatic heterocycles. The number of fused-ring (bicyclic) bond motifs is 2. The van der Waals surface area contributed by atoms with Gasteiger partial charge in [0.15, 0.2) is 5.82 Å². The van der Waals surface area contributed by atoms with Gasteiger partial charge in [-0.05, 0) is 58.1 Å². The smallest absolute Gasteiger partial charge is 0.348 e. The summed E-state index contributed by atoms with van der Waals surface area (Å²) >= 11 is 0. The van der Waals surface area contributed by atoms with E-state index in [9.17, 15) is 14.3 Å². The fourth-order valence-electron chi connectivity index (χ4n) is 6.00. The highest BCUT2D eigenvalue weighted by Gasteiger charge is 2.58. The van der Waals surface area contributed by atoms with Gasteiger partial charge in [-0.1, -0.05) is 6.07 Å². The number of piperidine rings is 1. The lowest BCUT2D eigenvalue weighted by Crippen LogP contribution is -2.66. The highest BCUT2D eigenvalue weighted by Crippen LogP contribution is 2.47. The van der Waals surface area contributed by atoms with Crippen molar-refractivity contribution >= 4 is 5.95 Å². The maximum absolute atomic E-state index is 15.8. The van der Waals surface area contributed by atoms with Crippen molar-refractivity contribution in [1.29, 1.82) is 0 Å². The number of benzene rings is 1. The van der Waals surface area contributed by atoms with Crippen molar-refractivity contribution in [3.8, 4) is 28.3 Å². The molecule has 2 aromatic heterocycles. The predicted molar refractivity (Wildman–Crippen MR) is 133 cm³/mol. The third kappa shape index (κ3) is 4.05. The molecule has 1 saturated carbocycles. The molecule has 3 aliphatic rings. The number of nitrogens with zero attached hydrogens (tertiary/aromatic N) is 6. The molecule has 3 fully saturated rings. The van der Waals surface area contributed by atoms with Gasteiger partial charge in [-0.15, -0.1) is 10.2 Å². The van der Waals surface area contributed by atoms with E-state index in [0.29, 0.717) is 23.6 Å². The van der Waals surface area contributed by atoms with Crippen LogP contribution in [0.5, 0.6) is 5.75 Å². The van der Waals surface area contributed by atoms with Gasteiger partial charge >= 0.3 is 5.69 Å². The summed E-state index contributed by atoms with van der Waals surface area (Å²) in [5.74, 6) is -0.475. The summed E-state index contributed by atoms with van der Waals surface area (Å²) in [7, 11) is 1.41. The first kappa shape index (κ1) is 23.9. The van der Waals surface area contributed by atoms with Crippen LogP contribution in [0.25, 0.3) is 22.5 Å². The monoisotopic (exact) mass is 509 g/mol. The van der Waals surface area contributed by atoms with E-state index < -0.39 is 23.2 Å². The molecular formula is C26H29F2N7O2. The molecule has 2 saturated heterocycles. The summed E-state index contributed by atoms with van der Waals surface area (Å²) in [6, 6.07) is 4.27. The number of hydrogen-bond acceptors (Lipinski definition) is 8. The van der Waals surface area contributed by atoms with E-state index in [1.807, 2.05) is 11.8 Å². The second-order valence-electron chi connectivity index (χ2n) is 11.1. The molecule has 4 atom stereocenters. The minimum Gasteiger partial charge on any atom is -0.507 e. The van der Waals surface area contributed by atoms with E-state index in [2.05, 4.69) is 32.4 Å². The topological polar surface area (TPSA) is 109 Å². The first-order valence-electron chi connectivity index (χ1n) is 12.6. The summed E-state index contributed by atoms with van der Waals surface area (Å²) in [6.45, 7) is 4.12. The zero-order valence-electron chi connectivity index (χ0n) is 20.9. The molecule has 4 heterocycles. The number of aromatic nitrogens is 5. The van der Waals surface area contributed by atoms with E-state index in [-0.39, 0.29) is 34.6 Å². The van der Waals surface area contributed by atoms with Crippen LogP contribution >= 0.6 is 0 Å². The van der Waals surface area contributed by atoms with Gasteiger partial charge in [0, 0.05) is 41.5 Å². The number of alkyl halides is 1. The van der Waals surface area contributed by atoms with Crippen LogP contribution < -0.4 is 15.9 Å². The van der Waals surface area contributed by atoms with E-state index in [1.54, 1.807) is 12.1 Å². The van der Waals surface area contributed by atoms with Crippen LogP contribution in [0.4, 0.5) is 14.7 Å². The summed E-state index contributed by atoms with van der Waals surface area (Å²) in [6.07, 6.45) is 5.82. The summed E-state index contributed by atoms with van der Waals surface area (Å²) in [5.41, 5.74) is -0.515. The first-order valence-corrected chi connectivity index (χ1v) is 12.6. The Morgan fingerprint density at radius 3 is 2.68 bits per heavy atom. The Morgan fingerprint density at radius 2 is 2.00 bits per heavy atom. The van der Waals surface area contributed by atoms with Crippen LogP contribution in [0, 0.1) is 5.82 Å². The van der Waals surface area contributed by atoms with Gasteiger partial charge in [0.25, 0.3) is 0 Å². The second-order valence-corrected chi connectivity index (χ2v) is 11.1. The van der Waals surface area contributed by atoms with E-state index in [1.165, 1.54) is 19.3 Å². The van der Waals surface area contributed by atoms with Gasteiger partial charge in [-0.3, -0.25) is 4.57 Å². The number of phenolic OH excluding ortho intramolecular Hbond substituents is 1. The third-order valence-corrected chi connectivity index (χ3v) is 8.06. The fraction of sp³-hybridized carbons (Fsp3) is 0.500. The Labute approximate surface area is 212 Å². The SMILES string of the molecule is Cn1cc(F)c(-c2ccc(-c3cnc(N(C4CC4)[C@H]4C[C@]5(C)CC[C@@](C)(N5)[C@H]4F)nn3)c(O)c2)nc1=O. The lowest BCUT2D eigenvalue weighted by molar-refractivity contribution is 0.0828. The molecule has 11 heteroatoms. The van der Waals surface area contributed by atoms with Gasteiger partial charge < -0.3 is 15.3 Å². The van der Waals surface area contributed by atoms with Crippen LogP contribution in [0.15, 0.2) is 35.4 Å². The van der Waals surface area contributed by atoms with E-state index in [4.69, 9.17) is 0 Å². The van der Waals surface area contributed by atoms with Crippen LogP contribution in [-0.2, 0) is 7.05 Å². The summed E-state index contributed by atoms with van der Waals surface area (Å²) in [4.78, 5) is 22.2. The highest BCUT2D eigenvalue weighted by atomic mass is 19.1. The molecule has 2 N–H and O–H groups in total. The number of halogens is 2. The Bertz CT molecular complexity index is 1430. The average Bonchev–Trinajstić information content (AvgIpc) is 3.65. The minimum absolute atomic E-state index is 0.118. The molecular weight excluding hydrogens is 480 g/mol. The number of rotatable bonds is 5. The van der Waals surface area contributed by atoms with Crippen molar-refractivity contribution in [1.82, 2.24) is 30.0 Å². The fourth-order valence-corrected chi connectivity index (χ4v) is 6.00. The number of aromatic hydroxyl groups is 1. The van der Waals surface area contributed by atoms with Crippen molar-refractivity contribution in [3.63, 3.8) is 0 Å². The Morgan fingerprint density at radius 1 is 1.22 bits per heavy atom. The Balaban J connectivity index is 1.29. The summed E-state index contributed by atoms with van der Waals surface area (Å²) < 4.78 is 31.2. The quantitative estimate of drug-likeness (QED) is 0.540. The van der Waals surface area contributed by atoms with E-state index >= 15 is 4.39 Å². The molecule has 9 nitrogen and oxygen atoms in total. The second kappa shape index (κ2) is 8.27. The predicted octanol–water partition coefficient (Wildman–Crippen LogP) is 3.12. The Hall–Kier alpha value is -3.47. The van der Waals surface area contributed by atoms with Crippen LogP contribution in [0.2, 0.25) is 0 Å². The molecule has 1 aromatic carbocycles. The molecule has 194 valence electrons. The van der Waals surface area contributed by atoms with Gasteiger partial charge in [0.2, 0.25) is 5.95 Å². The molecule has 1 aliphatic carbocycles. The Kier molecular flexibility index (Phi) is 5.34. The number of aryl methyl sites for hydroxylation is 1. The highest BCUT2D eigenvalue weighted by molar-refractivity contribution is 5.72. The van der Waals surface area contributed by atoms with Crippen LogP contribution in [0.3, 0.4) is 0 Å². The zero-order valence-corrected chi connectivity index (χ0v) is 20.9. The standard InChI is InChI=1S/C26H29F2N7O2/c1-25-8-9-26(2,33-25)22(28)19(11-25)35(15-5-6-15)23-29-12-18(31-32-23)16-7-4-14(10-20(16)36)21-17(27)13-34(3)24(37)30-21/h4,7,10,12-13,15,19,22,33,36H,5-6,8-9,11H2,1-3H3/t19-,22-,25-,26+/m0/s1. The number of hydrogen-bond donors (Lipinski definition) is 2.